The molecule has 0 amide bonds. The second-order valence-electron chi connectivity index (χ2n) is 7.27. The molecule has 170 valence electrons. The average Bonchev–Trinajstić information content (AvgIpc) is 3.32. The second kappa shape index (κ2) is 8.78. The zero-order valence-corrected chi connectivity index (χ0v) is 19.4. The number of aromatic nitrogens is 6. The minimum absolute atomic E-state index is 0.218. The van der Waals surface area contributed by atoms with E-state index in [9.17, 15) is 10.0 Å². The van der Waals surface area contributed by atoms with Gasteiger partial charge in [-0.1, -0.05) is 13.8 Å². The lowest BCUT2D eigenvalue weighted by Crippen LogP contribution is -2.33. The first kappa shape index (κ1) is 22.1. The lowest BCUT2D eigenvalue weighted by molar-refractivity contribution is -0.886. The van der Waals surface area contributed by atoms with E-state index in [0.29, 0.717) is 35.2 Å². The van der Waals surface area contributed by atoms with Crippen LogP contribution in [0.25, 0.3) is 28.0 Å². The van der Waals surface area contributed by atoms with E-state index >= 15 is 0 Å². The number of nitrogens with zero attached hydrogens (tertiary/aromatic N) is 6. The molecule has 0 spiro atoms. The van der Waals surface area contributed by atoms with Gasteiger partial charge in [0.2, 0.25) is 0 Å². The molecule has 0 atom stereocenters. The zero-order valence-electron chi connectivity index (χ0n) is 19.4. The van der Waals surface area contributed by atoms with Gasteiger partial charge in [0.05, 0.1) is 0 Å². The molecule has 0 aliphatic heterocycles. The molecule has 9 heteroatoms. The number of pyridine rings is 2. The fourth-order valence-corrected chi connectivity index (χ4v) is 3.85. The Bertz CT molecular complexity index is 1500. The fraction of sp³-hybridized carbons (Fsp3) is 0.250. The van der Waals surface area contributed by atoms with E-state index < -0.39 is 0 Å². The third kappa shape index (κ3) is 3.61. The second-order valence-corrected chi connectivity index (χ2v) is 7.27. The molecule has 0 unspecified atom stereocenters. The Morgan fingerprint density at radius 3 is 2.52 bits per heavy atom. The van der Waals surface area contributed by atoms with E-state index in [-0.39, 0.29) is 5.69 Å². The number of ether oxygens (including phenoxy) is 1. The summed E-state index contributed by atoms with van der Waals surface area (Å²) in [4.78, 5) is 21.9. The van der Waals surface area contributed by atoms with Crippen LogP contribution in [-0.4, -0.2) is 28.9 Å². The molecule has 0 radical (unpaired) electrons. The summed E-state index contributed by atoms with van der Waals surface area (Å²) in [6.45, 7) is 8.32. The summed E-state index contributed by atoms with van der Waals surface area (Å²) in [5.41, 5.74) is 3.91. The van der Waals surface area contributed by atoms with Gasteiger partial charge < -0.3 is 9.94 Å². The van der Waals surface area contributed by atoms with Crippen molar-refractivity contribution in [2.45, 2.75) is 34.2 Å². The number of benzene rings is 1. The summed E-state index contributed by atoms with van der Waals surface area (Å²) in [6.07, 6.45) is 3.24. The number of hydrogen-bond acceptors (Lipinski definition) is 5. The average molecular weight is 448 g/mol. The molecule has 0 saturated heterocycles. The standard InChI is InChI=1S/C22H21N6O3.C2H6/c1-4-26-18-14(2)11-13-27(30)20(18)28(22(26)29)15-7-9-16(10-8-15)31-21-24-17-6-5-12-23-19(17)25(21)3;1-2/h5-13,30H,4H2,1-3H3;1-2H3/q+1;. The lowest BCUT2D eigenvalue weighted by atomic mass is 10.2. The van der Waals surface area contributed by atoms with Crippen molar-refractivity contribution in [3.8, 4) is 17.4 Å². The van der Waals surface area contributed by atoms with Crippen LogP contribution in [0, 0.1) is 6.92 Å². The number of rotatable bonds is 4. The van der Waals surface area contributed by atoms with Gasteiger partial charge in [-0.2, -0.15) is 4.98 Å². The first-order valence-electron chi connectivity index (χ1n) is 10.9. The SMILES string of the molecule is CC.CCn1c(=O)n(-c2ccc(Oc3nc4cccnc4n3C)cc2)c2c1c(C)cc[n+]2O. The predicted octanol–water partition coefficient (Wildman–Crippen LogP) is 3.75. The molecule has 4 aromatic heterocycles. The predicted molar refractivity (Wildman–Crippen MR) is 125 cm³/mol. The highest BCUT2D eigenvalue weighted by Crippen LogP contribution is 2.25. The Hall–Kier alpha value is -4.14. The van der Waals surface area contributed by atoms with Gasteiger partial charge in [0.25, 0.3) is 0 Å². The Labute approximate surface area is 190 Å². The maximum atomic E-state index is 13.1. The van der Waals surface area contributed by atoms with Crippen molar-refractivity contribution < 1.29 is 14.7 Å². The molecule has 4 heterocycles. The van der Waals surface area contributed by atoms with E-state index in [4.69, 9.17) is 4.74 Å². The van der Waals surface area contributed by atoms with E-state index in [1.807, 2.05) is 46.9 Å². The maximum absolute atomic E-state index is 13.1. The maximum Gasteiger partial charge on any atom is 0.421 e. The third-order valence-electron chi connectivity index (χ3n) is 5.38. The van der Waals surface area contributed by atoms with E-state index in [2.05, 4.69) is 9.97 Å². The van der Waals surface area contributed by atoms with Crippen molar-refractivity contribution in [1.29, 1.82) is 0 Å². The van der Waals surface area contributed by atoms with E-state index in [1.54, 1.807) is 45.7 Å². The third-order valence-corrected chi connectivity index (χ3v) is 5.38. The fourth-order valence-electron chi connectivity index (χ4n) is 3.85. The normalized spacial score (nSPS) is 10.9. The van der Waals surface area contributed by atoms with Crippen molar-refractivity contribution >= 4 is 22.3 Å². The van der Waals surface area contributed by atoms with Gasteiger partial charge in [-0.3, -0.25) is 9.13 Å². The van der Waals surface area contributed by atoms with Gasteiger partial charge in [0, 0.05) is 19.8 Å². The Morgan fingerprint density at radius 1 is 1.12 bits per heavy atom. The highest BCUT2D eigenvalue weighted by atomic mass is 16.5. The molecule has 0 bridgehead atoms. The summed E-state index contributed by atoms with van der Waals surface area (Å²) in [5, 5.41) is 10.4. The molecule has 0 fully saturated rings. The van der Waals surface area contributed by atoms with Crippen LogP contribution in [0.2, 0.25) is 0 Å². The Kier molecular flexibility index (Phi) is 5.87. The highest BCUT2D eigenvalue weighted by Gasteiger charge is 2.26. The summed E-state index contributed by atoms with van der Waals surface area (Å²) < 4.78 is 11.8. The van der Waals surface area contributed by atoms with Crippen LogP contribution < -0.4 is 15.2 Å². The number of hydrogen-bond donors (Lipinski definition) is 1. The first-order chi connectivity index (χ1) is 16.0. The largest absolute Gasteiger partial charge is 0.425 e. The van der Waals surface area contributed by atoms with Gasteiger partial charge in [-0.05, 0) is 66.6 Å². The molecule has 0 aliphatic carbocycles. The van der Waals surface area contributed by atoms with Crippen molar-refractivity contribution in [1.82, 2.24) is 23.7 Å². The van der Waals surface area contributed by atoms with Crippen LogP contribution in [0.3, 0.4) is 0 Å². The monoisotopic (exact) mass is 447 g/mol. The molecule has 1 aromatic carbocycles. The van der Waals surface area contributed by atoms with Crippen LogP contribution in [0.4, 0.5) is 0 Å². The Morgan fingerprint density at radius 2 is 1.85 bits per heavy atom. The Balaban J connectivity index is 0.00000126. The van der Waals surface area contributed by atoms with E-state index in [1.165, 1.54) is 10.8 Å². The molecule has 33 heavy (non-hydrogen) atoms. The highest BCUT2D eigenvalue weighted by molar-refractivity contribution is 5.74. The summed E-state index contributed by atoms with van der Waals surface area (Å²) in [7, 11) is 1.84. The van der Waals surface area contributed by atoms with Gasteiger partial charge in [-0.25, -0.2) is 9.78 Å². The molecule has 5 aromatic rings. The number of aryl methyl sites for hydroxylation is 3. The molecule has 9 nitrogen and oxygen atoms in total. The van der Waals surface area contributed by atoms with Crippen LogP contribution in [-0.2, 0) is 13.6 Å². The first-order valence-corrected chi connectivity index (χ1v) is 10.9. The van der Waals surface area contributed by atoms with E-state index in [0.717, 1.165) is 21.5 Å². The van der Waals surface area contributed by atoms with Gasteiger partial charge in [0.1, 0.15) is 28.7 Å². The van der Waals surface area contributed by atoms with Crippen molar-refractivity contribution in [2.24, 2.45) is 7.05 Å². The molecule has 5 rings (SSSR count). The van der Waals surface area contributed by atoms with Gasteiger partial charge in [-0.15, -0.1) is 4.57 Å². The van der Waals surface area contributed by atoms with Gasteiger partial charge >= 0.3 is 17.3 Å². The quantitative estimate of drug-likeness (QED) is 0.335. The van der Waals surface area contributed by atoms with Crippen LogP contribution >= 0.6 is 0 Å². The van der Waals surface area contributed by atoms with Gasteiger partial charge in [0.15, 0.2) is 5.65 Å². The molecular weight excluding hydrogens is 420 g/mol. The molecule has 0 saturated carbocycles. The minimum atomic E-state index is -0.218. The van der Waals surface area contributed by atoms with Crippen LogP contribution in [0.5, 0.6) is 11.8 Å². The topological polar surface area (TPSA) is 91.0 Å². The molecule has 0 aliphatic rings. The molecular formula is C24H27N6O3+. The number of imidazole rings is 2. The van der Waals surface area contributed by atoms with Crippen molar-refractivity contribution in [2.75, 3.05) is 0 Å². The zero-order chi connectivity index (χ0) is 23.7. The number of fused-ring (bicyclic) bond motifs is 2. The summed E-state index contributed by atoms with van der Waals surface area (Å²) in [6, 6.07) is 13.0. The van der Waals surface area contributed by atoms with Crippen LogP contribution in [0.1, 0.15) is 26.3 Å². The molecule has 1 N–H and O–H groups in total. The van der Waals surface area contributed by atoms with Crippen LogP contribution in [0.15, 0.2) is 59.7 Å². The minimum Gasteiger partial charge on any atom is -0.425 e. The van der Waals surface area contributed by atoms with Crippen molar-refractivity contribution in [3.05, 3.63) is 70.9 Å². The smallest absolute Gasteiger partial charge is 0.421 e. The summed E-state index contributed by atoms with van der Waals surface area (Å²) >= 11 is 0. The summed E-state index contributed by atoms with van der Waals surface area (Å²) in [5.74, 6) is 0.572. The lowest BCUT2D eigenvalue weighted by Gasteiger charge is -2.05. The van der Waals surface area contributed by atoms with Crippen molar-refractivity contribution in [3.63, 3.8) is 0 Å².